The van der Waals surface area contributed by atoms with Gasteiger partial charge in [-0.15, -0.1) is 24.2 Å². The van der Waals surface area contributed by atoms with Crippen LogP contribution in [-0.4, -0.2) is 53.9 Å². The number of hydrogen-bond donors (Lipinski definition) is 2. The number of anilines is 1. The van der Waals surface area contributed by atoms with E-state index in [1.807, 2.05) is 11.8 Å². The Morgan fingerprint density at radius 3 is 2.52 bits per heavy atom. The normalized spacial score (nSPS) is 19.4. The molecule has 0 aromatic heterocycles. The number of carbonyl (C=O) groups excluding carboxylic acids is 2. The summed E-state index contributed by atoms with van der Waals surface area (Å²) in [7, 11) is 0. The van der Waals surface area contributed by atoms with Crippen molar-refractivity contribution in [1.82, 2.24) is 10.2 Å². The average molecular weight is 416 g/mol. The number of thioether (sulfide) groups is 1. The average Bonchev–Trinajstić information content (AvgIpc) is 3.10. The van der Waals surface area contributed by atoms with Crippen LogP contribution in [-0.2, 0) is 9.59 Å². The zero-order valence-electron chi connectivity index (χ0n) is 15.5. The molecule has 2 aliphatic rings. The molecule has 1 aromatic rings. The molecular formula is C19H27ClFN3O2S. The molecule has 0 radical (unpaired) electrons. The van der Waals surface area contributed by atoms with E-state index in [1.165, 1.54) is 42.4 Å². The summed E-state index contributed by atoms with van der Waals surface area (Å²) in [5, 5.41) is 5.90. The molecule has 3 rings (SSSR count). The van der Waals surface area contributed by atoms with Crippen LogP contribution in [0, 0.1) is 11.2 Å². The fourth-order valence-corrected chi connectivity index (χ4v) is 4.45. The number of nitrogens with one attached hydrogen (secondary N) is 2. The van der Waals surface area contributed by atoms with Gasteiger partial charge in [0.15, 0.2) is 0 Å². The van der Waals surface area contributed by atoms with Gasteiger partial charge >= 0.3 is 0 Å². The highest BCUT2D eigenvalue weighted by molar-refractivity contribution is 8.01. The predicted octanol–water partition coefficient (Wildman–Crippen LogP) is 2.91. The first-order valence-corrected chi connectivity index (χ1v) is 10.2. The predicted molar refractivity (Wildman–Crippen MR) is 110 cm³/mol. The summed E-state index contributed by atoms with van der Waals surface area (Å²) in [4.78, 5) is 26.6. The van der Waals surface area contributed by atoms with Crippen LogP contribution in [0.3, 0.4) is 0 Å². The zero-order valence-corrected chi connectivity index (χ0v) is 17.1. The summed E-state index contributed by atoms with van der Waals surface area (Å²) >= 11 is 1.34. The number of piperidine rings is 1. The molecule has 27 heavy (non-hydrogen) atoms. The summed E-state index contributed by atoms with van der Waals surface area (Å²) < 4.78 is 12.9. The Bertz CT molecular complexity index is 643. The summed E-state index contributed by atoms with van der Waals surface area (Å²) in [6.07, 6.45) is 3.34. The molecule has 0 saturated carbocycles. The Balaban J connectivity index is 0.00000261. The molecular weight excluding hydrogens is 389 g/mol. The lowest BCUT2D eigenvalue weighted by Gasteiger charge is -2.39. The summed E-state index contributed by atoms with van der Waals surface area (Å²) in [5.41, 5.74) is 0.949. The Morgan fingerprint density at radius 2 is 1.93 bits per heavy atom. The lowest BCUT2D eigenvalue weighted by atomic mass is 9.78. The van der Waals surface area contributed by atoms with E-state index in [1.54, 1.807) is 0 Å². The lowest BCUT2D eigenvalue weighted by molar-refractivity contribution is -0.132. The van der Waals surface area contributed by atoms with Gasteiger partial charge in [0.2, 0.25) is 11.8 Å². The molecule has 1 unspecified atom stereocenters. The molecule has 0 bridgehead atoms. The quantitative estimate of drug-likeness (QED) is 0.776. The van der Waals surface area contributed by atoms with Crippen molar-refractivity contribution < 1.29 is 14.0 Å². The standard InChI is InChI=1S/C19H26FN3O2S.ClH/c1-14(26-12-17(24)22-16-4-2-15(20)3-5-16)18(25)23-10-7-19(8-11-23)6-9-21-13-19;/h2-5,14,21H,6-13H2,1H3,(H,22,24);1H. The van der Waals surface area contributed by atoms with Crippen LogP contribution in [0.25, 0.3) is 0 Å². The largest absolute Gasteiger partial charge is 0.342 e. The fraction of sp³-hybridized carbons (Fsp3) is 0.579. The van der Waals surface area contributed by atoms with Crippen LogP contribution in [0.5, 0.6) is 0 Å². The molecule has 2 aliphatic heterocycles. The fourth-order valence-electron chi connectivity index (χ4n) is 3.68. The van der Waals surface area contributed by atoms with Gasteiger partial charge in [0, 0.05) is 25.3 Å². The van der Waals surface area contributed by atoms with Crippen molar-refractivity contribution in [2.75, 3.05) is 37.2 Å². The van der Waals surface area contributed by atoms with Crippen molar-refractivity contribution in [2.24, 2.45) is 5.41 Å². The number of nitrogens with zero attached hydrogens (tertiary/aromatic N) is 1. The SMILES string of the molecule is CC(SCC(=O)Nc1ccc(F)cc1)C(=O)N1CCC2(CCNC2)CC1.Cl. The van der Waals surface area contributed by atoms with Crippen molar-refractivity contribution in [3.05, 3.63) is 30.1 Å². The van der Waals surface area contributed by atoms with E-state index in [-0.39, 0.29) is 41.0 Å². The van der Waals surface area contributed by atoms with Crippen LogP contribution in [0.15, 0.2) is 24.3 Å². The van der Waals surface area contributed by atoms with Gasteiger partial charge in [-0.2, -0.15) is 0 Å². The molecule has 1 aromatic carbocycles. The molecule has 1 atom stereocenters. The van der Waals surface area contributed by atoms with E-state index in [4.69, 9.17) is 0 Å². The molecule has 2 N–H and O–H groups in total. The van der Waals surface area contributed by atoms with E-state index in [9.17, 15) is 14.0 Å². The van der Waals surface area contributed by atoms with Gasteiger partial charge in [0.25, 0.3) is 0 Å². The topological polar surface area (TPSA) is 61.4 Å². The van der Waals surface area contributed by atoms with Gasteiger partial charge in [-0.05, 0) is 62.4 Å². The first-order valence-electron chi connectivity index (χ1n) is 9.14. The zero-order chi connectivity index (χ0) is 18.6. The molecule has 5 nitrogen and oxygen atoms in total. The summed E-state index contributed by atoms with van der Waals surface area (Å²) in [6.45, 7) is 5.65. The number of carbonyl (C=O) groups is 2. The van der Waals surface area contributed by atoms with E-state index < -0.39 is 0 Å². The Kier molecular flexibility index (Phi) is 7.94. The maximum atomic E-state index is 12.9. The van der Waals surface area contributed by atoms with Crippen molar-refractivity contribution in [2.45, 2.75) is 31.4 Å². The third-order valence-corrected chi connectivity index (χ3v) is 6.54. The minimum atomic E-state index is -0.340. The number of benzene rings is 1. The molecule has 150 valence electrons. The van der Waals surface area contributed by atoms with E-state index in [0.717, 1.165) is 39.0 Å². The van der Waals surface area contributed by atoms with Gasteiger partial charge < -0.3 is 15.5 Å². The van der Waals surface area contributed by atoms with Crippen LogP contribution < -0.4 is 10.6 Å². The maximum Gasteiger partial charge on any atom is 0.235 e. The monoisotopic (exact) mass is 415 g/mol. The van der Waals surface area contributed by atoms with Gasteiger partial charge in [0.05, 0.1) is 11.0 Å². The highest BCUT2D eigenvalue weighted by Gasteiger charge is 2.38. The molecule has 2 saturated heterocycles. The third-order valence-electron chi connectivity index (χ3n) is 5.41. The second-order valence-corrected chi connectivity index (χ2v) is 8.59. The Hall–Kier alpha value is -1.31. The smallest absolute Gasteiger partial charge is 0.235 e. The van der Waals surface area contributed by atoms with Gasteiger partial charge in [0.1, 0.15) is 5.82 Å². The van der Waals surface area contributed by atoms with Gasteiger partial charge in [-0.1, -0.05) is 0 Å². The highest BCUT2D eigenvalue weighted by Crippen LogP contribution is 2.37. The summed E-state index contributed by atoms with van der Waals surface area (Å²) in [5.74, 6) is -0.207. The highest BCUT2D eigenvalue weighted by atomic mass is 35.5. The van der Waals surface area contributed by atoms with E-state index >= 15 is 0 Å². The Labute approximate surface area is 170 Å². The molecule has 2 amide bonds. The van der Waals surface area contributed by atoms with E-state index in [2.05, 4.69) is 10.6 Å². The minimum absolute atomic E-state index is 0. The number of likely N-dealkylation sites (tertiary alicyclic amines) is 1. The number of amides is 2. The Morgan fingerprint density at radius 1 is 1.26 bits per heavy atom. The second-order valence-electron chi connectivity index (χ2n) is 7.26. The molecule has 8 heteroatoms. The lowest BCUT2D eigenvalue weighted by Crippen LogP contribution is -2.46. The maximum absolute atomic E-state index is 12.9. The van der Waals surface area contributed by atoms with Crippen LogP contribution >= 0.6 is 24.2 Å². The van der Waals surface area contributed by atoms with Crippen LogP contribution in [0.2, 0.25) is 0 Å². The van der Waals surface area contributed by atoms with Crippen LogP contribution in [0.1, 0.15) is 26.2 Å². The van der Waals surface area contributed by atoms with Crippen molar-refractivity contribution >= 4 is 41.7 Å². The molecule has 0 aliphatic carbocycles. The number of halogens is 2. The molecule has 2 heterocycles. The third kappa shape index (κ3) is 5.83. The first kappa shape index (κ1) is 22.0. The second kappa shape index (κ2) is 9.75. The number of hydrogen-bond acceptors (Lipinski definition) is 4. The van der Waals surface area contributed by atoms with Crippen molar-refractivity contribution in [3.63, 3.8) is 0 Å². The molecule has 2 fully saturated rings. The minimum Gasteiger partial charge on any atom is -0.342 e. The van der Waals surface area contributed by atoms with Gasteiger partial charge in [-0.3, -0.25) is 9.59 Å². The van der Waals surface area contributed by atoms with E-state index in [0.29, 0.717) is 11.1 Å². The van der Waals surface area contributed by atoms with Crippen LogP contribution in [0.4, 0.5) is 10.1 Å². The van der Waals surface area contributed by atoms with Crippen molar-refractivity contribution in [1.29, 1.82) is 0 Å². The first-order chi connectivity index (χ1) is 12.5. The molecule has 1 spiro atoms. The number of rotatable bonds is 5. The van der Waals surface area contributed by atoms with Gasteiger partial charge in [-0.25, -0.2) is 4.39 Å². The van der Waals surface area contributed by atoms with Crippen molar-refractivity contribution in [3.8, 4) is 0 Å². The summed E-state index contributed by atoms with van der Waals surface area (Å²) in [6, 6.07) is 5.65.